The third kappa shape index (κ3) is 2.86. The van der Waals surface area contributed by atoms with Gasteiger partial charge in [0.05, 0.1) is 5.56 Å². The summed E-state index contributed by atoms with van der Waals surface area (Å²) >= 11 is 12.0. The van der Waals surface area contributed by atoms with E-state index in [1.807, 2.05) is 48.5 Å². The third-order valence-electron chi connectivity index (χ3n) is 3.31. The molecule has 0 aliphatic rings. The van der Waals surface area contributed by atoms with Gasteiger partial charge in [-0.25, -0.2) is 0 Å². The number of pyridine rings is 1. The Morgan fingerprint density at radius 1 is 0.864 bits per heavy atom. The Morgan fingerprint density at radius 2 is 1.55 bits per heavy atom. The molecular weight excluding hydrogens is 321 g/mol. The number of hydrogen-bond acceptors (Lipinski definition) is 2. The Morgan fingerprint density at radius 3 is 2.23 bits per heavy atom. The van der Waals surface area contributed by atoms with Gasteiger partial charge in [-0.2, -0.15) is 0 Å². The fourth-order valence-electron chi connectivity index (χ4n) is 2.29. The van der Waals surface area contributed by atoms with Crippen LogP contribution in [-0.2, 0) is 0 Å². The highest BCUT2D eigenvalue weighted by Gasteiger charge is 2.12. The number of H-pyrrole nitrogens is 1. The van der Waals surface area contributed by atoms with Gasteiger partial charge < -0.3 is 10.1 Å². The van der Waals surface area contributed by atoms with Crippen molar-refractivity contribution < 1.29 is 5.11 Å². The summed E-state index contributed by atoms with van der Waals surface area (Å²) in [5.41, 5.74) is 2.62. The van der Waals surface area contributed by atoms with Gasteiger partial charge in [0.15, 0.2) is 0 Å². The van der Waals surface area contributed by atoms with Crippen molar-refractivity contribution in [3.05, 3.63) is 75.1 Å². The summed E-state index contributed by atoms with van der Waals surface area (Å²) in [5.74, 6) is -0.151. The van der Waals surface area contributed by atoms with Crippen LogP contribution in [0.25, 0.3) is 22.3 Å². The summed E-state index contributed by atoms with van der Waals surface area (Å²) in [6.07, 6.45) is 0. The van der Waals surface area contributed by atoms with Crippen LogP contribution in [0, 0.1) is 0 Å². The molecule has 0 saturated carbocycles. The van der Waals surface area contributed by atoms with E-state index in [1.165, 1.54) is 0 Å². The number of rotatable bonds is 2. The molecule has 0 spiro atoms. The monoisotopic (exact) mass is 331 g/mol. The second-order valence-corrected chi connectivity index (χ2v) is 5.61. The summed E-state index contributed by atoms with van der Waals surface area (Å²) < 4.78 is 0. The van der Waals surface area contributed by atoms with Crippen LogP contribution in [0.5, 0.6) is 5.75 Å². The molecule has 110 valence electrons. The number of hydrogen-bond donors (Lipinski definition) is 2. The third-order valence-corrected chi connectivity index (χ3v) is 3.84. The number of aromatic nitrogens is 1. The first-order chi connectivity index (χ1) is 10.5. The van der Waals surface area contributed by atoms with Crippen LogP contribution in [0.4, 0.5) is 0 Å². The lowest BCUT2D eigenvalue weighted by Gasteiger charge is -2.09. The summed E-state index contributed by atoms with van der Waals surface area (Å²) in [4.78, 5) is 13.8. The van der Waals surface area contributed by atoms with Crippen molar-refractivity contribution in [3.8, 4) is 28.0 Å². The van der Waals surface area contributed by atoms with Crippen molar-refractivity contribution in [1.82, 2.24) is 4.98 Å². The van der Waals surface area contributed by atoms with E-state index in [0.717, 1.165) is 17.2 Å². The molecule has 0 fully saturated rings. The van der Waals surface area contributed by atoms with Gasteiger partial charge in [-0.1, -0.05) is 53.5 Å². The summed E-state index contributed by atoms with van der Waals surface area (Å²) in [5, 5.41) is 10.8. The zero-order valence-electron chi connectivity index (χ0n) is 11.3. The maximum atomic E-state index is 11.3. The van der Waals surface area contributed by atoms with E-state index in [0.29, 0.717) is 16.1 Å². The number of nitrogens with one attached hydrogen (secondary N) is 1. The average Bonchev–Trinajstić information content (AvgIpc) is 2.47. The number of aromatic hydroxyl groups is 1. The van der Waals surface area contributed by atoms with Crippen LogP contribution in [0.3, 0.4) is 0 Å². The molecule has 0 aliphatic heterocycles. The van der Waals surface area contributed by atoms with E-state index in [-0.39, 0.29) is 10.9 Å². The lowest BCUT2D eigenvalue weighted by molar-refractivity contribution is 0.476. The fourth-order valence-corrected chi connectivity index (χ4v) is 2.71. The molecule has 22 heavy (non-hydrogen) atoms. The molecule has 3 rings (SSSR count). The maximum Gasteiger partial charge on any atom is 0.252 e. The topological polar surface area (TPSA) is 53.1 Å². The smallest absolute Gasteiger partial charge is 0.252 e. The quantitative estimate of drug-likeness (QED) is 0.667. The zero-order chi connectivity index (χ0) is 15.7. The van der Waals surface area contributed by atoms with Crippen LogP contribution in [0.15, 0.2) is 59.4 Å². The Kier molecular flexibility index (Phi) is 3.92. The van der Waals surface area contributed by atoms with E-state index in [1.54, 1.807) is 0 Å². The van der Waals surface area contributed by atoms with Crippen molar-refractivity contribution in [3.63, 3.8) is 0 Å². The van der Waals surface area contributed by atoms with Crippen molar-refractivity contribution in [1.29, 1.82) is 0 Å². The predicted molar refractivity (Wildman–Crippen MR) is 89.6 cm³/mol. The standard InChI is InChI=1S/C17H11Cl2NO2/c18-13-6-4-10(5-7-13)11-2-1-3-12(8-11)16-14(21)9-15(22)20-17(16)19/h1-9H,(H2,20,21,22). The van der Waals surface area contributed by atoms with Gasteiger partial charge in [-0.05, 0) is 34.9 Å². The van der Waals surface area contributed by atoms with Crippen LogP contribution in [0.2, 0.25) is 10.2 Å². The van der Waals surface area contributed by atoms with Gasteiger partial charge in [0, 0.05) is 11.1 Å². The number of aromatic amines is 1. The normalized spacial score (nSPS) is 10.6. The molecule has 3 nitrogen and oxygen atoms in total. The van der Waals surface area contributed by atoms with E-state index in [4.69, 9.17) is 23.2 Å². The molecule has 2 aromatic carbocycles. The van der Waals surface area contributed by atoms with Gasteiger partial charge in [0.1, 0.15) is 10.9 Å². The maximum absolute atomic E-state index is 11.3. The minimum atomic E-state index is -0.444. The summed E-state index contributed by atoms with van der Waals surface area (Å²) in [6.45, 7) is 0. The largest absolute Gasteiger partial charge is 0.507 e. The molecule has 0 atom stereocenters. The minimum Gasteiger partial charge on any atom is -0.507 e. The Labute approximate surface area is 136 Å². The second-order valence-electron chi connectivity index (χ2n) is 4.80. The Hall–Kier alpha value is -2.23. The Bertz CT molecular complexity index is 860. The highest BCUT2D eigenvalue weighted by Crippen LogP contribution is 2.35. The predicted octanol–water partition coefficient (Wildman–Crippen LogP) is 4.72. The van der Waals surface area contributed by atoms with Crippen molar-refractivity contribution in [2.24, 2.45) is 0 Å². The first-order valence-electron chi connectivity index (χ1n) is 6.53. The fraction of sp³-hybridized carbons (Fsp3) is 0. The van der Waals surface area contributed by atoms with Gasteiger partial charge in [0.25, 0.3) is 5.56 Å². The molecular formula is C17H11Cl2NO2. The van der Waals surface area contributed by atoms with E-state index in [2.05, 4.69) is 4.98 Å². The molecule has 0 bridgehead atoms. The summed E-state index contributed by atoms with van der Waals surface area (Å²) in [6, 6.07) is 16.1. The van der Waals surface area contributed by atoms with E-state index < -0.39 is 5.56 Å². The van der Waals surface area contributed by atoms with Crippen molar-refractivity contribution in [2.45, 2.75) is 0 Å². The van der Waals surface area contributed by atoms with Crippen molar-refractivity contribution >= 4 is 23.2 Å². The molecule has 0 aliphatic carbocycles. The SMILES string of the molecule is O=c1cc(O)c(-c2cccc(-c3ccc(Cl)cc3)c2)c(Cl)[nH]1. The van der Waals surface area contributed by atoms with Crippen molar-refractivity contribution in [2.75, 3.05) is 0 Å². The van der Waals surface area contributed by atoms with Gasteiger partial charge in [-0.15, -0.1) is 0 Å². The van der Waals surface area contributed by atoms with Crippen LogP contribution in [0.1, 0.15) is 0 Å². The first-order valence-corrected chi connectivity index (χ1v) is 7.28. The lowest BCUT2D eigenvalue weighted by atomic mass is 9.99. The Balaban J connectivity index is 2.13. The molecule has 3 aromatic rings. The number of halogens is 2. The molecule has 0 amide bonds. The highest BCUT2D eigenvalue weighted by atomic mass is 35.5. The van der Waals surface area contributed by atoms with E-state index in [9.17, 15) is 9.90 Å². The number of benzene rings is 2. The highest BCUT2D eigenvalue weighted by molar-refractivity contribution is 6.32. The molecule has 1 heterocycles. The van der Waals surface area contributed by atoms with Gasteiger partial charge in [0.2, 0.25) is 0 Å². The molecule has 0 unspecified atom stereocenters. The first kappa shape index (κ1) is 14.7. The molecule has 0 radical (unpaired) electrons. The second kappa shape index (κ2) is 5.87. The van der Waals surface area contributed by atoms with Crippen LogP contribution < -0.4 is 5.56 Å². The van der Waals surface area contributed by atoms with Gasteiger partial charge >= 0.3 is 0 Å². The van der Waals surface area contributed by atoms with Gasteiger partial charge in [-0.3, -0.25) is 4.79 Å². The van der Waals surface area contributed by atoms with Crippen LogP contribution >= 0.6 is 23.2 Å². The minimum absolute atomic E-state index is 0.109. The molecule has 2 N–H and O–H groups in total. The van der Waals surface area contributed by atoms with Crippen LogP contribution in [-0.4, -0.2) is 10.1 Å². The molecule has 0 saturated heterocycles. The zero-order valence-corrected chi connectivity index (χ0v) is 12.8. The molecule has 5 heteroatoms. The molecule has 1 aromatic heterocycles. The lowest BCUT2D eigenvalue weighted by Crippen LogP contribution is -2.04. The van der Waals surface area contributed by atoms with E-state index >= 15 is 0 Å². The summed E-state index contributed by atoms with van der Waals surface area (Å²) in [7, 11) is 0. The average molecular weight is 332 g/mol.